The Balaban J connectivity index is 1.89. The summed E-state index contributed by atoms with van der Waals surface area (Å²) in [6, 6.07) is 0.408. The van der Waals surface area contributed by atoms with Crippen molar-refractivity contribution in [2.24, 2.45) is 5.92 Å². The Kier molecular flexibility index (Phi) is 8.80. The summed E-state index contributed by atoms with van der Waals surface area (Å²) in [5.74, 6) is -6.98. The Morgan fingerprint density at radius 3 is 1.35 bits per heavy atom. The van der Waals surface area contributed by atoms with Crippen LogP contribution < -0.4 is 8.37 Å². The molecule has 2 atom stereocenters. The second kappa shape index (κ2) is 11.3. The minimum Gasteiger partial charge on any atom is -0.377 e. The van der Waals surface area contributed by atoms with Crippen LogP contribution in [0.2, 0.25) is 0 Å². The molecule has 12 nitrogen and oxygen atoms in total. The fraction of sp³-hybridized carbons (Fsp3) is 0.333. The summed E-state index contributed by atoms with van der Waals surface area (Å²) < 4.78 is 265. The molecule has 1 aromatic rings. The van der Waals surface area contributed by atoms with Gasteiger partial charge in [0.05, 0.1) is 0 Å². The van der Waals surface area contributed by atoms with E-state index in [1.165, 1.54) is 0 Å². The Hall–Kier alpha value is -3.50. The van der Waals surface area contributed by atoms with Crippen LogP contribution in [-0.2, 0) is 48.8 Å². The Labute approximate surface area is 265 Å². The predicted octanol–water partition coefficient (Wildman–Crippen LogP) is 4.87. The van der Waals surface area contributed by atoms with E-state index in [2.05, 4.69) is 16.7 Å². The van der Waals surface area contributed by atoms with E-state index in [4.69, 9.17) is 0 Å². The third kappa shape index (κ3) is 7.09. The van der Waals surface area contributed by atoms with Crippen LogP contribution in [-0.4, -0.2) is 61.3 Å². The third-order valence-corrected chi connectivity index (χ3v) is 10.3. The molecule has 274 valence electrons. The van der Waals surface area contributed by atoms with Crippen molar-refractivity contribution in [3.8, 4) is 11.5 Å². The Morgan fingerprint density at radius 2 is 0.939 bits per heavy atom. The zero-order valence-electron chi connectivity index (χ0n) is 22.4. The van der Waals surface area contributed by atoms with Crippen LogP contribution in [0.15, 0.2) is 47.3 Å². The van der Waals surface area contributed by atoms with Gasteiger partial charge in [0.1, 0.15) is 0 Å². The fourth-order valence-electron chi connectivity index (χ4n) is 4.12. The number of allylic oxidation sites excluding steroid dienone is 4. The maximum atomic E-state index is 13.1. The smallest absolute Gasteiger partial charge is 0.377 e. The summed E-state index contributed by atoms with van der Waals surface area (Å²) in [6.07, 6.45) is 2.25. The first-order valence-corrected chi connectivity index (χ1v) is 17.4. The maximum absolute atomic E-state index is 13.1. The molecule has 4 rings (SSSR count). The van der Waals surface area contributed by atoms with Crippen molar-refractivity contribution in [2.45, 2.75) is 34.1 Å². The van der Waals surface area contributed by atoms with Crippen molar-refractivity contribution in [3.63, 3.8) is 0 Å². The first-order chi connectivity index (χ1) is 21.7. The highest BCUT2D eigenvalue weighted by Gasteiger charge is 2.69. The molecule has 0 amide bonds. The minimum atomic E-state index is -6.72. The molecule has 0 spiro atoms. The highest BCUT2D eigenvalue weighted by atomic mass is 32.2. The molecule has 1 fully saturated rings. The molecule has 0 aliphatic heterocycles. The SMILES string of the molecule is O=S(=O)(OC1=CC2=C(C=Cc3cc(OS(=O)(=O)C(F)(F)F)c(OS(=O)(=O)C(F)(F)F)cc3C=C2)C2CC12OS(=O)(=O)C(F)(F)F)C(F)(F)F. The molecule has 0 heterocycles. The molecular formula is C21H10F12O12S4. The normalized spacial score (nSPS) is 21.9. The zero-order valence-corrected chi connectivity index (χ0v) is 25.7. The van der Waals surface area contributed by atoms with Crippen LogP contribution in [0.25, 0.3) is 12.2 Å². The molecule has 0 aromatic heterocycles. The first kappa shape index (κ1) is 38.3. The number of hydrogen-bond donors (Lipinski definition) is 0. The van der Waals surface area contributed by atoms with Crippen molar-refractivity contribution in [1.82, 2.24) is 0 Å². The van der Waals surface area contributed by atoms with Gasteiger partial charge in [-0.1, -0.05) is 24.3 Å². The van der Waals surface area contributed by atoms with Crippen molar-refractivity contribution in [1.29, 1.82) is 0 Å². The van der Waals surface area contributed by atoms with Gasteiger partial charge in [-0.3, -0.25) is 0 Å². The molecule has 0 bridgehead atoms. The van der Waals surface area contributed by atoms with Gasteiger partial charge in [-0.2, -0.15) is 86.4 Å². The molecule has 3 aliphatic carbocycles. The summed E-state index contributed by atoms with van der Waals surface area (Å²) in [5, 5.41) is 0. The van der Waals surface area contributed by atoms with Gasteiger partial charge in [0.2, 0.25) is 0 Å². The van der Waals surface area contributed by atoms with Crippen LogP contribution in [0.1, 0.15) is 17.5 Å². The predicted molar refractivity (Wildman–Crippen MR) is 134 cm³/mol. The van der Waals surface area contributed by atoms with Gasteiger partial charge in [-0.05, 0) is 46.9 Å². The second-order valence-corrected chi connectivity index (χ2v) is 15.7. The Morgan fingerprint density at radius 1 is 0.551 bits per heavy atom. The van der Waals surface area contributed by atoms with E-state index in [-0.39, 0.29) is 17.7 Å². The first-order valence-electron chi connectivity index (χ1n) is 11.8. The summed E-state index contributed by atoms with van der Waals surface area (Å²) >= 11 is 0. The molecule has 3 aliphatic rings. The van der Waals surface area contributed by atoms with Crippen LogP contribution in [0, 0.1) is 5.92 Å². The number of alkyl halides is 12. The summed E-state index contributed by atoms with van der Waals surface area (Å²) in [5.41, 5.74) is -29.9. The lowest BCUT2D eigenvalue weighted by Crippen LogP contribution is -2.37. The number of fused-ring (bicyclic) bond motifs is 3. The molecule has 1 saturated carbocycles. The quantitative estimate of drug-likeness (QED) is 0.199. The number of rotatable bonds is 8. The fourth-order valence-corrected chi connectivity index (χ4v) is 6.31. The van der Waals surface area contributed by atoms with E-state index in [1.807, 2.05) is 0 Å². The molecular weight excluding hydrogens is 800 g/mol. The number of halogens is 12. The molecule has 1 aromatic carbocycles. The second-order valence-electron chi connectivity index (χ2n) is 9.59. The van der Waals surface area contributed by atoms with Crippen molar-refractivity contribution in [2.75, 3.05) is 0 Å². The average molecular weight is 811 g/mol. The topological polar surface area (TPSA) is 173 Å². The zero-order chi connectivity index (χ0) is 37.6. The van der Waals surface area contributed by atoms with Crippen LogP contribution in [0.4, 0.5) is 52.7 Å². The van der Waals surface area contributed by atoms with Gasteiger partial charge in [0.15, 0.2) is 22.9 Å². The van der Waals surface area contributed by atoms with Crippen molar-refractivity contribution >= 4 is 52.6 Å². The largest absolute Gasteiger partial charge is 0.534 e. The van der Waals surface area contributed by atoms with Gasteiger partial charge in [0.25, 0.3) is 0 Å². The summed E-state index contributed by atoms with van der Waals surface area (Å²) in [4.78, 5) is 0. The van der Waals surface area contributed by atoms with Gasteiger partial charge in [-0.15, -0.1) is 0 Å². The van der Waals surface area contributed by atoms with Gasteiger partial charge in [-0.25, -0.2) is 4.18 Å². The Bertz CT molecular complexity index is 2160. The van der Waals surface area contributed by atoms with Crippen molar-refractivity contribution in [3.05, 3.63) is 58.4 Å². The van der Waals surface area contributed by atoms with Crippen molar-refractivity contribution < 1.29 is 103 Å². The number of hydrogen-bond acceptors (Lipinski definition) is 12. The average Bonchev–Trinajstić information content (AvgIpc) is 3.58. The van der Waals surface area contributed by atoms with Gasteiger partial charge < -0.3 is 12.5 Å². The highest BCUT2D eigenvalue weighted by molar-refractivity contribution is 7.88. The van der Waals surface area contributed by atoms with Gasteiger partial charge >= 0.3 is 62.5 Å². The van der Waals surface area contributed by atoms with Crippen LogP contribution in [0.3, 0.4) is 0 Å². The van der Waals surface area contributed by atoms with Crippen LogP contribution >= 0.6 is 0 Å². The van der Waals surface area contributed by atoms with E-state index in [1.54, 1.807) is 0 Å². The molecule has 0 N–H and O–H groups in total. The van der Waals surface area contributed by atoms with Crippen LogP contribution in [0.5, 0.6) is 11.5 Å². The third-order valence-electron chi connectivity index (χ3n) is 6.35. The molecule has 49 heavy (non-hydrogen) atoms. The monoisotopic (exact) mass is 810 g/mol. The lowest BCUT2D eigenvalue weighted by atomic mass is 9.90. The van der Waals surface area contributed by atoms with Gasteiger partial charge in [0, 0.05) is 5.92 Å². The lowest BCUT2D eigenvalue weighted by molar-refractivity contribution is -0.0613. The van der Waals surface area contributed by atoms with E-state index >= 15 is 0 Å². The molecule has 0 radical (unpaired) electrons. The summed E-state index contributed by atoms with van der Waals surface area (Å²) in [6.45, 7) is 0. The maximum Gasteiger partial charge on any atom is 0.534 e. The molecule has 28 heteroatoms. The van der Waals surface area contributed by atoms with E-state index in [0.29, 0.717) is 12.2 Å². The molecule has 2 unspecified atom stereocenters. The number of benzene rings is 1. The van der Waals surface area contributed by atoms with E-state index in [9.17, 15) is 86.4 Å². The summed E-state index contributed by atoms with van der Waals surface area (Å²) in [7, 11) is -26.8. The van der Waals surface area contributed by atoms with E-state index < -0.39 is 114 Å². The lowest BCUT2D eigenvalue weighted by Gasteiger charge is -2.26. The standard InChI is InChI=1S/C21H10F12O12S4/c22-18(23,24)46(34,35)42-14-5-9-1-2-11-7-16(44-48(38,39)20(28,29)30)17(45-49(40,41)21(31,32)33)8-13(17)12(11)4-3-10(9)6-15(14)43-47(36,37)19(25,26)27/h1-7,13H,8H2. The highest BCUT2D eigenvalue weighted by Crippen LogP contribution is 2.62. The minimum absolute atomic E-state index is 0.199. The van der Waals surface area contributed by atoms with E-state index in [0.717, 1.165) is 18.2 Å². The molecule has 0 saturated heterocycles.